The van der Waals surface area contributed by atoms with E-state index in [4.69, 9.17) is 4.74 Å². The maximum atomic E-state index is 6.89. The topological polar surface area (TPSA) is 15.7 Å². The first-order valence-electron chi connectivity index (χ1n) is 11.0. The number of benzene rings is 2. The van der Waals surface area contributed by atoms with Crippen LogP contribution in [0.2, 0.25) is 0 Å². The first kappa shape index (κ1) is 18.2. The van der Waals surface area contributed by atoms with Crippen LogP contribution in [-0.2, 0) is 11.2 Å². The molecule has 3 aliphatic rings. The zero-order valence-corrected chi connectivity index (χ0v) is 16.9. The highest BCUT2D eigenvalue weighted by Gasteiger charge is 2.55. The van der Waals surface area contributed by atoms with Gasteiger partial charge in [-0.25, -0.2) is 0 Å². The number of hydrogen-bond donors (Lipinski definition) is 0. The third-order valence-corrected chi connectivity index (χ3v) is 6.87. The molecule has 2 saturated heterocycles. The van der Waals surface area contributed by atoms with Crippen molar-refractivity contribution in [2.24, 2.45) is 0 Å². The van der Waals surface area contributed by atoms with Crippen molar-refractivity contribution in [3.63, 3.8) is 0 Å². The molecule has 148 valence electrons. The summed E-state index contributed by atoms with van der Waals surface area (Å²) in [6, 6.07) is 21.9. The van der Waals surface area contributed by atoms with E-state index >= 15 is 0 Å². The van der Waals surface area contributed by atoms with E-state index in [2.05, 4.69) is 70.5 Å². The van der Waals surface area contributed by atoms with Gasteiger partial charge in [0.15, 0.2) is 0 Å². The monoisotopic (exact) mass is 376 g/mol. The predicted octanol–water partition coefficient (Wildman–Crippen LogP) is 4.52. The second-order valence-electron chi connectivity index (χ2n) is 9.09. The fourth-order valence-electron chi connectivity index (χ4n) is 5.14. The van der Waals surface area contributed by atoms with Gasteiger partial charge in [-0.3, -0.25) is 0 Å². The lowest BCUT2D eigenvalue weighted by Gasteiger charge is -2.48. The summed E-state index contributed by atoms with van der Waals surface area (Å²) in [6.07, 6.45) is 7.21. The van der Waals surface area contributed by atoms with Crippen LogP contribution in [0.25, 0.3) is 0 Å². The molecule has 0 N–H and O–H groups in total. The minimum absolute atomic E-state index is 0.0338. The maximum Gasteiger partial charge on any atom is 0.0877 e. The maximum absolute atomic E-state index is 6.89. The van der Waals surface area contributed by atoms with E-state index in [1.54, 1.807) is 0 Å². The first-order chi connectivity index (χ1) is 13.7. The van der Waals surface area contributed by atoms with E-state index in [1.807, 2.05) is 0 Å². The van der Waals surface area contributed by atoms with E-state index in [9.17, 15) is 0 Å². The zero-order chi connectivity index (χ0) is 18.9. The van der Waals surface area contributed by atoms with Crippen LogP contribution in [0, 0.1) is 0 Å². The molecule has 0 radical (unpaired) electrons. The van der Waals surface area contributed by atoms with Gasteiger partial charge in [-0.05, 0) is 62.8 Å². The summed E-state index contributed by atoms with van der Waals surface area (Å²) < 4.78 is 6.89. The van der Waals surface area contributed by atoms with Crippen molar-refractivity contribution in [3.05, 3.63) is 66.2 Å². The van der Waals surface area contributed by atoms with Crippen LogP contribution in [0.3, 0.4) is 0 Å². The molecule has 0 aromatic heterocycles. The van der Waals surface area contributed by atoms with Crippen molar-refractivity contribution in [2.75, 3.05) is 37.6 Å². The Labute approximate surface area is 169 Å². The van der Waals surface area contributed by atoms with Crippen molar-refractivity contribution < 1.29 is 4.74 Å². The lowest BCUT2D eigenvalue weighted by Crippen LogP contribution is -2.57. The van der Waals surface area contributed by atoms with Crippen molar-refractivity contribution >= 4 is 5.69 Å². The number of likely N-dealkylation sites (tertiary alicyclic amines) is 1. The Hall–Kier alpha value is -1.84. The van der Waals surface area contributed by atoms with Crippen LogP contribution in [-0.4, -0.2) is 48.8 Å². The van der Waals surface area contributed by atoms with Gasteiger partial charge in [0.05, 0.1) is 11.2 Å². The fourth-order valence-corrected chi connectivity index (χ4v) is 5.14. The van der Waals surface area contributed by atoms with Crippen LogP contribution >= 0.6 is 0 Å². The molecule has 2 heterocycles. The molecular weight excluding hydrogens is 344 g/mol. The highest BCUT2D eigenvalue weighted by molar-refractivity contribution is 5.48. The number of hydrogen-bond acceptors (Lipinski definition) is 3. The fraction of sp³-hybridized carbons (Fsp3) is 0.520. The summed E-state index contributed by atoms with van der Waals surface area (Å²) in [5.41, 5.74) is 2.98. The van der Waals surface area contributed by atoms with Gasteiger partial charge < -0.3 is 14.5 Å². The summed E-state index contributed by atoms with van der Waals surface area (Å²) in [7, 11) is 0. The molecule has 2 aliphatic heterocycles. The van der Waals surface area contributed by atoms with Crippen molar-refractivity contribution in [3.8, 4) is 0 Å². The number of anilines is 1. The molecule has 2 aromatic carbocycles. The van der Waals surface area contributed by atoms with Crippen molar-refractivity contribution in [1.82, 2.24) is 4.90 Å². The third kappa shape index (κ3) is 3.97. The first-order valence-corrected chi connectivity index (χ1v) is 11.0. The molecule has 5 rings (SSSR count). The van der Waals surface area contributed by atoms with Crippen LogP contribution in [0.4, 0.5) is 5.69 Å². The number of para-hydroxylation sites is 1. The van der Waals surface area contributed by atoms with E-state index in [0.29, 0.717) is 0 Å². The van der Waals surface area contributed by atoms with E-state index in [1.165, 1.54) is 43.5 Å². The average Bonchev–Trinajstić information content (AvgIpc) is 3.51. The molecule has 28 heavy (non-hydrogen) atoms. The SMILES string of the molecule is c1ccc(CCN2CCCC3(CC2)CN(c2ccccc2)CC2(CC2)O3)cc1. The summed E-state index contributed by atoms with van der Waals surface area (Å²) in [6.45, 7) is 5.64. The molecular formula is C25H32N2O. The van der Waals surface area contributed by atoms with Gasteiger partial charge in [0.2, 0.25) is 0 Å². The molecule has 2 aromatic rings. The minimum atomic E-state index is 0.0338. The van der Waals surface area contributed by atoms with Gasteiger partial charge in [0, 0.05) is 31.9 Å². The zero-order valence-electron chi connectivity index (χ0n) is 16.9. The quantitative estimate of drug-likeness (QED) is 0.780. The van der Waals surface area contributed by atoms with E-state index < -0.39 is 0 Å². The van der Waals surface area contributed by atoms with Gasteiger partial charge in [0.1, 0.15) is 0 Å². The molecule has 0 amide bonds. The van der Waals surface area contributed by atoms with Crippen LogP contribution in [0.15, 0.2) is 60.7 Å². The van der Waals surface area contributed by atoms with Crippen LogP contribution in [0.1, 0.15) is 37.7 Å². The molecule has 1 aliphatic carbocycles. The molecule has 2 spiro atoms. The Morgan fingerprint density at radius 3 is 2.14 bits per heavy atom. The Morgan fingerprint density at radius 1 is 0.750 bits per heavy atom. The number of morpholine rings is 1. The number of nitrogens with zero attached hydrogens (tertiary/aromatic N) is 2. The van der Waals surface area contributed by atoms with Crippen molar-refractivity contribution in [2.45, 2.75) is 49.7 Å². The van der Waals surface area contributed by atoms with E-state index in [-0.39, 0.29) is 11.2 Å². The molecule has 0 bridgehead atoms. The standard InChI is InChI=1S/C25H32N2O/c1-3-8-22(9-4-1)12-18-26-17-7-13-24(16-19-26)20-27(21-25(28-24)14-15-25)23-10-5-2-6-11-23/h1-6,8-11H,7,12-21H2. The Balaban J connectivity index is 1.26. The van der Waals surface area contributed by atoms with Crippen molar-refractivity contribution in [1.29, 1.82) is 0 Å². The van der Waals surface area contributed by atoms with Gasteiger partial charge in [-0.15, -0.1) is 0 Å². The highest BCUT2D eigenvalue weighted by atomic mass is 16.5. The Morgan fingerprint density at radius 2 is 1.43 bits per heavy atom. The molecule has 3 fully saturated rings. The van der Waals surface area contributed by atoms with Gasteiger partial charge in [0.25, 0.3) is 0 Å². The summed E-state index contributed by atoms with van der Waals surface area (Å²) >= 11 is 0. The number of rotatable bonds is 4. The second kappa shape index (κ2) is 7.53. The van der Waals surface area contributed by atoms with Gasteiger partial charge in [-0.2, -0.15) is 0 Å². The third-order valence-electron chi connectivity index (χ3n) is 6.87. The lowest BCUT2D eigenvalue weighted by molar-refractivity contribution is -0.127. The number of ether oxygens (including phenoxy) is 1. The highest BCUT2D eigenvalue weighted by Crippen LogP contribution is 2.49. The molecule has 1 unspecified atom stereocenters. The second-order valence-corrected chi connectivity index (χ2v) is 9.09. The van der Waals surface area contributed by atoms with Gasteiger partial charge in [-0.1, -0.05) is 48.5 Å². The molecule has 1 saturated carbocycles. The normalized spacial score (nSPS) is 27.1. The van der Waals surface area contributed by atoms with E-state index in [0.717, 1.165) is 39.0 Å². The molecule has 3 heteroatoms. The molecule has 1 atom stereocenters. The largest absolute Gasteiger partial charge is 0.366 e. The summed E-state index contributed by atoms with van der Waals surface area (Å²) in [4.78, 5) is 5.27. The Kier molecular flexibility index (Phi) is 4.90. The Bertz CT molecular complexity index is 774. The lowest BCUT2D eigenvalue weighted by atomic mass is 9.90. The molecule has 3 nitrogen and oxygen atoms in total. The predicted molar refractivity (Wildman–Crippen MR) is 115 cm³/mol. The van der Waals surface area contributed by atoms with Crippen LogP contribution < -0.4 is 4.90 Å². The van der Waals surface area contributed by atoms with Crippen LogP contribution in [0.5, 0.6) is 0 Å². The summed E-state index contributed by atoms with van der Waals surface area (Å²) in [5, 5.41) is 0. The summed E-state index contributed by atoms with van der Waals surface area (Å²) in [5.74, 6) is 0. The average molecular weight is 377 g/mol. The smallest absolute Gasteiger partial charge is 0.0877 e. The van der Waals surface area contributed by atoms with Gasteiger partial charge >= 0.3 is 0 Å². The minimum Gasteiger partial charge on any atom is -0.366 e.